The molecule has 0 aromatic heterocycles. The number of para-hydroxylation sites is 1. The predicted octanol–water partition coefficient (Wildman–Crippen LogP) is 3.12. The Morgan fingerprint density at radius 3 is 2.62 bits per heavy atom. The highest BCUT2D eigenvalue weighted by Gasteiger charge is 2.18. The minimum Gasteiger partial charge on any atom is -0.382 e. The second-order valence-corrected chi connectivity index (χ2v) is 4.37. The molecule has 0 radical (unpaired) electrons. The maximum absolute atomic E-state index is 11.2. The van der Waals surface area contributed by atoms with Gasteiger partial charge in [0.1, 0.15) is 11.4 Å². The average molecular weight is 282 g/mol. The Hall–Kier alpha value is -3.07. The summed E-state index contributed by atoms with van der Waals surface area (Å²) in [5, 5.41) is 25.9. The Morgan fingerprint density at radius 2 is 1.95 bits per heavy atom. The molecule has 2 N–H and O–H groups in total. The lowest BCUT2D eigenvalue weighted by atomic mass is 10.1. The molecule has 2 aromatic rings. The highest BCUT2D eigenvalue weighted by atomic mass is 16.6. The van der Waals surface area contributed by atoms with Gasteiger partial charge in [0, 0.05) is 13.6 Å². The fraction of sp³-hybridized carbons (Fsp3) is 0.133. The van der Waals surface area contributed by atoms with Crippen LogP contribution in [0.2, 0.25) is 0 Å². The Morgan fingerprint density at radius 1 is 1.24 bits per heavy atom. The van der Waals surface area contributed by atoms with Gasteiger partial charge in [-0.05, 0) is 29.8 Å². The zero-order valence-electron chi connectivity index (χ0n) is 11.5. The lowest BCUT2D eigenvalue weighted by Gasteiger charge is -2.10. The first-order chi connectivity index (χ1) is 10.2. The van der Waals surface area contributed by atoms with Crippen molar-refractivity contribution in [2.45, 2.75) is 6.54 Å². The SMILES string of the molecule is CNc1cccc(NCc2cccc(C#N)c2)c1[N+](=O)[O-]. The Balaban J connectivity index is 2.24. The largest absolute Gasteiger partial charge is 0.382 e. The van der Waals surface area contributed by atoms with Gasteiger partial charge in [-0.1, -0.05) is 18.2 Å². The molecule has 0 heterocycles. The summed E-state index contributed by atoms with van der Waals surface area (Å²) in [7, 11) is 1.64. The van der Waals surface area contributed by atoms with Crippen molar-refractivity contribution >= 4 is 17.1 Å². The van der Waals surface area contributed by atoms with E-state index in [1.54, 1.807) is 43.4 Å². The predicted molar refractivity (Wildman–Crippen MR) is 81.1 cm³/mol. The van der Waals surface area contributed by atoms with Crippen molar-refractivity contribution in [3.8, 4) is 6.07 Å². The summed E-state index contributed by atoms with van der Waals surface area (Å²) in [5.41, 5.74) is 2.35. The summed E-state index contributed by atoms with van der Waals surface area (Å²) in [5.74, 6) is 0. The minimum atomic E-state index is -0.417. The lowest BCUT2D eigenvalue weighted by Crippen LogP contribution is -2.05. The van der Waals surface area contributed by atoms with Gasteiger partial charge in [-0.25, -0.2) is 0 Å². The summed E-state index contributed by atoms with van der Waals surface area (Å²) in [4.78, 5) is 10.8. The topological polar surface area (TPSA) is 91.0 Å². The number of nitrogens with one attached hydrogen (secondary N) is 2. The van der Waals surface area contributed by atoms with Gasteiger partial charge in [-0.3, -0.25) is 10.1 Å². The Labute approximate surface area is 122 Å². The fourth-order valence-corrected chi connectivity index (χ4v) is 2.03. The highest BCUT2D eigenvalue weighted by Crippen LogP contribution is 2.32. The first-order valence-electron chi connectivity index (χ1n) is 6.33. The van der Waals surface area contributed by atoms with Crippen LogP contribution in [0.15, 0.2) is 42.5 Å². The standard InChI is InChI=1S/C15H14N4O2/c1-17-13-6-3-7-14(15(13)19(20)21)18-10-12-5-2-4-11(8-12)9-16/h2-8,17-18H,10H2,1H3. The second kappa shape index (κ2) is 6.39. The monoisotopic (exact) mass is 282 g/mol. The van der Waals surface area contributed by atoms with Crippen molar-refractivity contribution < 1.29 is 4.92 Å². The number of nitriles is 1. The van der Waals surface area contributed by atoms with Gasteiger partial charge in [0.25, 0.3) is 0 Å². The van der Waals surface area contributed by atoms with Gasteiger partial charge in [0.05, 0.1) is 16.6 Å². The molecule has 0 aliphatic carbocycles. The maximum atomic E-state index is 11.2. The summed E-state index contributed by atoms with van der Waals surface area (Å²) in [6, 6.07) is 14.2. The number of nitrogens with zero attached hydrogens (tertiary/aromatic N) is 2. The Kier molecular flexibility index (Phi) is 4.36. The van der Waals surface area contributed by atoms with Gasteiger partial charge in [-0.2, -0.15) is 5.26 Å². The average Bonchev–Trinajstić information content (AvgIpc) is 2.52. The smallest absolute Gasteiger partial charge is 0.315 e. The third-order valence-electron chi connectivity index (χ3n) is 3.03. The maximum Gasteiger partial charge on any atom is 0.315 e. The molecule has 0 saturated heterocycles. The highest BCUT2D eigenvalue weighted by molar-refractivity contribution is 5.76. The number of anilines is 2. The third-order valence-corrected chi connectivity index (χ3v) is 3.03. The molecule has 0 amide bonds. The molecule has 2 aromatic carbocycles. The first kappa shape index (κ1) is 14.3. The molecule has 106 valence electrons. The molecule has 0 aliphatic heterocycles. The first-order valence-corrected chi connectivity index (χ1v) is 6.33. The van der Waals surface area contributed by atoms with Crippen LogP contribution in [-0.4, -0.2) is 12.0 Å². The van der Waals surface area contributed by atoms with Crippen LogP contribution in [0.1, 0.15) is 11.1 Å². The van der Waals surface area contributed by atoms with Gasteiger partial charge in [0.2, 0.25) is 0 Å². The molecule has 0 aliphatic rings. The van der Waals surface area contributed by atoms with Crippen molar-refractivity contribution in [1.29, 1.82) is 5.26 Å². The van der Waals surface area contributed by atoms with E-state index in [9.17, 15) is 10.1 Å². The van der Waals surface area contributed by atoms with E-state index in [0.717, 1.165) is 5.56 Å². The van der Waals surface area contributed by atoms with Crippen LogP contribution < -0.4 is 10.6 Å². The van der Waals surface area contributed by atoms with E-state index in [-0.39, 0.29) is 5.69 Å². The van der Waals surface area contributed by atoms with Gasteiger partial charge >= 0.3 is 5.69 Å². The molecule has 0 atom stereocenters. The molecular weight excluding hydrogens is 268 g/mol. The lowest BCUT2D eigenvalue weighted by molar-refractivity contribution is -0.383. The quantitative estimate of drug-likeness (QED) is 0.649. The molecule has 6 nitrogen and oxygen atoms in total. The molecule has 21 heavy (non-hydrogen) atoms. The summed E-state index contributed by atoms with van der Waals surface area (Å²) >= 11 is 0. The molecule has 0 saturated carbocycles. The number of hydrogen-bond acceptors (Lipinski definition) is 5. The molecule has 0 bridgehead atoms. The zero-order chi connectivity index (χ0) is 15.2. The summed E-state index contributed by atoms with van der Waals surface area (Å²) in [6.45, 7) is 0.406. The van der Waals surface area contributed by atoms with Crippen molar-refractivity contribution in [2.24, 2.45) is 0 Å². The number of benzene rings is 2. The molecule has 2 rings (SSSR count). The minimum absolute atomic E-state index is 0.0106. The van der Waals surface area contributed by atoms with E-state index >= 15 is 0 Å². The van der Waals surface area contributed by atoms with Crippen molar-refractivity contribution in [1.82, 2.24) is 0 Å². The van der Waals surface area contributed by atoms with Crippen LogP contribution in [0, 0.1) is 21.4 Å². The molecular formula is C15H14N4O2. The number of rotatable bonds is 5. The van der Waals surface area contributed by atoms with E-state index < -0.39 is 4.92 Å². The van der Waals surface area contributed by atoms with E-state index in [4.69, 9.17) is 5.26 Å². The summed E-state index contributed by atoms with van der Waals surface area (Å²) < 4.78 is 0. The van der Waals surface area contributed by atoms with Crippen LogP contribution in [0.3, 0.4) is 0 Å². The Bertz CT molecular complexity index is 707. The van der Waals surface area contributed by atoms with Crippen LogP contribution in [0.5, 0.6) is 0 Å². The number of nitro groups is 1. The molecule has 0 fully saturated rings. The van der Waals surface area contributed by atoms with E-state index in [2.05, 4.69) is 16.7 Å². The number of nitro benzene ring substituents is 1. The van der Waals surface area contributed by atoms with Crippen molar-refractivity contribution in [3.05, 3.63) is 63.7 Å². The van der Waals surface area contributed by atoms with Crippen LogP contribution in [0.25, 0.3) is 0 Å². The summed E-state index contributed by atoms with van der Waals surface area (Å²) in [6.07, 6.45) is 0. The zero-order valence-corrected chi connectivity index (χ0v) is 11.5. The van der Waals surface area contributed by atoms with Crippen molar-refractivity contribution in [2.75, 3.05) is 17.7 Å². The normalized spacial score (nSPS) is 9.71. The van der Waals surface area contributed by atoms with Crippen LogP contribution >= 0.6 is 0 Å². The second-order valence-electron chi connectivity index (χ2n) is 4.37. The van der Waals surface area contributed by atoms with E-state index in [1.807, 2.05) is 6.07 Å². The number of hydrogen-bond donors (Lipinski definition) is 2. The van der Waals surface area contributed by atoms with Crippen molar-refractivity contribution in [3.63, 3.8) is 0 Å². The van der Waals surface area contributed by atoms with E-state index in [1.165, 1.54) is 0 Å². The van der Waals surface area contributed by atoms with E-state index in [0.29, 0.717) is 23.5 Å². The molecule has 0 unspecified atom stereocenters. The molecule has 6 heteroatoms. The third kappa shape index (κ3) is 3.28. The fourth-order valence-electron chi connectivity index (χ4n) is 2.03. The van der Waals surface area contributed by atoms with Gasteiger partial charge in [-0.15, -0.1) is 0 Å². The van der Waals surface area contributed by atoms with Crippen LogP contribution in [0.4, 0.5) is 17.1 Å². The van der Waals surface area contributed by atoms with Gasteiger partial charge in [0.15, 0.2) is 0 Å². The van der Waals surface area contributed by atoms with Gasteiger partial charge < -0.3 is 10.6 Å². The van der Waals surface area contributed by atoms with Crippen LogP contribution in [-0.2, 0) is 6.54 Å². The molecule has 0 spiro atoms.